The summed E-state index contributed by atoms with van der Waals surface area (Å²) in [7, 11) is 1.52. The first-order chi connectivity index (χ1) is 11.9. The summed E-state index contributed by atoms with van der Waals surface area (Å²) in [6, 6.07) is 12.0. The molecule has 128 valence electrons. The first-order valence-electron chi connectivity index (χ1n) is 7.98. The van der Waals surface area contributed by atoms with Gasteiger partial charge in [0.1, 0.15) is 5.75 Å². The van der Waals surface area contributed by atoms with Crippen molar-refractivity contribution in [1.29, 1.82) is 0 Å². The second kappa shape index (κ2) is 5.39. The molecule has 1 N–H and O–H groups in total. The second-order valence-corrected chi connectivity index (χ2v) is 6.36. The smallest absolute Gasteiger partial charge is 0.204 e. The van der Waals surface area contributed by atoms with Gasteiger partial charge in [-0.05, 0) is 36.8 Å². The highest BCUT2D eigenvalue weighted by molar-refractivity contribution is 6.28. The molecule has 2 aromatic carbocycles. The number of aryl methyl sites for hydroxylation is 1. The van der Waals surface area contributed by atoms with Crippen molar-refractivity contribution in [3.63, 3.8) is 0 Å². The molecule has 2 aromatic rings. The van der Waals surface area contributed by atoms with Crippen molar-refractivity contribution in [1.82, 2.24) is 0 Å². The van der Waals surface area contributed by atoms with Crippen LogP contribution < -0.4 is 9.64 Å². The molecule has 1 saturated heterocycles. The molecule has 0 aromatic heterocycles. The van der Waals surface area contributed by atoms with Crippen molar-refractivity contribution >= 4 is 23.0 Å². The number of hydrogen-bond acceptors (Lipinski definition) is 5. The van der Waals surface area contributed by atoms with Gasteiger partial charge in [-0.1, -0.05) is 12.1 Å². The van der Waals surface area contributed by atoms with Gasteiger partial charge >= 0.3 is 0 Å². The van der Waals surface area contributed by atoms with Gasteiger partial charge in [-0.3, -0.25) is 9.69 Å². The number of methoxy groups -OCH3 is 1. The summed E-state index contributed by atoms with van der Waals surface area (Å²) in [4.78, 5) is 18.5. The number of amidine groups is 1. The van der Waals surface area contributed by atoms with Crippen molar-refractivity contribution in [2.75, 3.05) is 12.0 Å². The highest BCUT2D eigenvalue weighted by Gasteiger charge is 2.56. The van der Waals surface area contributed by atoms with Gasteiger partial charge in [0.2, 0.25) is 5.78 Å². The molecular formula is C19H17FN2O3. The minimum atomic E-state index is -1.95. The van der Waals surface area contributed by atoms with Gasteiger partial charge < -0.3 is 9.84 Å². The van der Waals surface area contributed by atoms with Crippen molar-refractivity contribution in [2.24, 2.45) is 4.99 Å². The molecule has 2 atom stereocenters. The average Bonchev–Trinajstić information content (AvgIpc) is 2.86. The molecule has 6 heteroatoms. The Morgan fingerprint density at radius 1 is 1.32 bits per heavy atom. The summed E-state index contributed by atoms with van der Waals surface area (Å²) in [5.41, 5.74) is 0.225. The highest BCUT2D eigenvalue weighted by atomic mass is 19.1. The number of carbonyl (C=O) groups excluding carboxylic acids is 1. The van der Waals surface area contributed by atoms with E-state index in [1.54, 1.807) is 42.5 Å². The quantitative estimate of drug-likeness (QED) is 0.853. The number of hydrogen-bond donors (Lipinski definition) is 1. The Kier molecular flexibility index (Phi) is 3.40. The summed E-state index contributed by atoms with van der Waals surface area (Å²) in [5.74, 6) is 0.0658. The van der Waals surface area contributed by atoms with Crippen LogP contribution in [0, 0.1) is 6.92 Å². The molecule has 0 spiro atoms. The highest BCUT2D eigenvalue weighted by Crippen LogP contribution is 2.43. The maximum absolute atomic E-state index is 14.8. The van der Waals surface area contributed by atoms with Gasteiger partial charge in [0.25, 0.3) is 0 Å². The third kappa shape index (κ3) is 2.25. The zero-order valence-corrected chi connectivity index (χ0v) is 13.9. The topological polar surface area (TPSA) is 62.1 Å². The van der Waals surface area contributed by atoms with Crippen LogP contribution in [0.5, 0.6) is 5.75 Å². The SMILES string of the molecule is COc1cccc(N2C3=Nc4cc(C)ccc4C(=O)C3(O)C[C@@H]2F)c1. The van der Waals surface area contributed by atoms with E-state index in [1.807, 2.05) is 6.92 Å². The number of aliphatic hydroxyl groups is 1. The predicted molar refractivity (Wildman–Crippen MR) is 92.5 cm³/mol. The summed E-state index contributed by atoms with van der Waals surface area (Å²) in [6.45, 7) is 1.89. The number of halogens is 1. The Balaban J connectivity index is 1.89. The van der Waals surface area contributed by atoms with Crippen LogP contribution >= 0.6 is 0 Å². The van der Waals surface area contributed by atoms with Crippen LogP contribution in [0.15, 0.2) is 47.5 Å². The molecule has 0 aliphatic carbocycles. The lowest BCUT2D eigenvalue weighted by Gasteiger charge is -2.29. The van der Waals surface area contributed by atoms with Crippen molar-refractivity contribution in [3.05, 3.63) is 53.6 Å². The molecular weight excluding hydrogens is 323 g/mol. The van der Waals surface area contributed by atoms with E-state index in [0.29, 0.717) is 22.7 Å². The molecule has 1 unspecified atom stereocenters. The van der Waals surface area contributed by atoms with Crippen LogP contribution in [0.3, 0.4) is 0 Å². The molecule has 0 bridgehead atoms. The molecule has 0 saturated carbocycles. The Hall–Kier alpha value is -2.73. The standard InChI is InChI=1S/C19H17FN2O3/c1-11-6-7-14-15(8-11)21-18-19(24,17(14)23)10-16(20)22(18)12-4-3-5-13(9-12)25-2/h3-9,16,24H,10H2,1-2H3/t16-,19?/m1/s1. The molecule has 5 nitrogen and oxygen atoms in total. The van der Waals surface area contributed by atoms with E-state index in [9.17, 15) is 14.3 Å². The number of benzene rings is 2. The number of nitrogens with zero attached hydrogens (tertiary/aromatic N) is 2. The number of ketones is 1. The monoisotopic (exact) mass is 340 g/mol. The fraction of sp³-hybridized carbons (Fsp3) is 0.263. The fourth-order valence-corrected chi connectivity index (χ4v) is 3.41. The fourth-order valence-electron chi connectivity index (χ4n) is 3.41. The number of rotatable bonds is 2. The van der Waals surface area contributed by atoms with Gasteiger partial charge in [-0.15, -0.1) is 0 Å². The number of anilines is 1. The van der Waals surface area contributed by atoms with Crippen LogP contribution in [0.1, 0.15) is 22.3 Å². The lowest BCUT2D eigenvalue weighted by Crippen LogP contribution is -2.48. The zero-order valence-electron chi connectivity index (χ0n) is 13.9. The molecule has 1 fully saturated rings. The number of aliphatic imine (C=N–C) groups is 1. The minimum absolute atomic E-state index is 0.0244. The van der Waals surface area contributed by atoms with Gasteiger partial charge in [0.05, 0.1) is 12.8 Å². The molecule has 2 aliphatic heterocycles. The van der Waals surface area contributed by atoms with Crippen LogP contribution in [0.2, 0.25) is 0 Å². The van der Waals surface area contributed by atoms with E-state index in [0.717, 1.165) is 5.56 Å². The van der Waals surface area contributed by atoms with E-state index in [1.165, 1.54) is 12.0 Å². The van der Waals surface area contributed by atoms with Gasteiger partial charge in [-0.2, -0.15) is 0 Å². The minimum Gasteiger partial charge on any atom is -0.497 e. The number of Topliss-reactive ketones (excluding diaryl/α,β-unsaturated/α-hetero) is 1. The number of alkyl halides is 1. The van der Waals surface area contributed by atoms with Crippen LogP contribution in [0.25, 0.3) is 0 Å². The third-order valence-corrected chi connectivity index (χ3v) is 4.67. The second-order valence-electron chi connectivity index (χ2n) is 6.36. The number of carbonyl (C=O) groups is 1. The third-order valence-electron chi connectivity index (χ3n) is 4.67. The van der Waals surface area contributed by atoms with E-state index in [4.69, 9.17) is 4.74 Å². The first-order valence-corrected chi connectivity index (χ1v) is 7.98. The van der Waals surface area contributed by atoms with Crippen molar-refractivity contribution in [2.45, 2.75) is 25.2 Å². The van der Waals surface area contributed by atoms with Crippen LogP contribution in [-0.4, -0.2) is 35.7 Å². The summed E-state index contributed by atoms with van der Waals surface area (Å²) in [5, 5.41) is 10.9. The number of fused-ring (bicyclic) bond motifs is 2. The lowest BCUT2D eigenvalue weighted by atomic mass is 9.87. The van der Waals surface area contributed by atoms with E-state index in [-0.39, 0.29) is 12.3 Å². The van der Waals surface area contributed by atoms with Gasteiger partial charge in [0.15, 0.2) is 17.7 Å². The van der Waals surface area contributed by atoms with Gasteiger partial charge in [0, 0.05) is 23.7 Å². The largest absolute Gasteiger partial charge is 0.497 e. The van der Waals surface area contributed by atoms with Crippen molar-refractivity contribution in [3.8, 4) is 5.75 Å². The normalized spacial score (nSPS) is 24.6. The first kappa shape index (κ1) is 15.8. The lowest BCUT2D eigenvalue weighted by molar-refractivity contribution is 0.0549. The Bertz CT molecular complexity index is 911. The number of ether oxygens (including phenoxy) is 1. The predicted octanol–water partition coefficient (Wildman–Crippen LogP) is 3.17. The molecule has 0 amide bonds. The van der Waals surface area contributed by atoms with Crippen LogP contribution in [0.4, 0.5) is 15.8 Å². The maximum atomic E-state index is 14.8. The van der Waals surface area contributed by atoms with Gasteiger partial charge in [-0.25, -0.2) is 9.38 Å². The van der Waals surface area contributed by atoms with E-state index < -0.39 is 17.7 Å². The Morgan fingerprint density at radius 2 is 2.12 bits per heavy atom. The molecule has 25 heavy (non-hydrogen) atoms. The summed E-state index contributed by atoms with van der Waals surface area (Å²) < 4.78 is 20.0. The molecule has 2 heterocycles. The average molecular weight is 340 g/mol. The Morgan fingerprint density at radius 3 is 2.88 bits per heavy atom. The van der Waals surface area contributed by atoms with E-state index >= 15 is 0 Å². The van der Waals surface area contributed by atoms with E-state index in [2.05, 4.69) is 4.99 Å². The van der Waals surface area contributed by atoms with Crippen molar-refractivity contribution < 1.29 is 19.0 Å². The maximum Gasteiger partial charge on any atom is 0.204 e. The zero-order chi connectivity index (χ0) is 17.8. The summed E-state index contributed by atoms with van der Waals surface area (Å²) in [6.07, 6.45) is -1.91. The Labute approximate surface area is 144 Å². The molecule has 0 radical (unpaired) electrons. The molecule has 2 aliphatic rings. The summed E-state index contributed by atoms with van der Waals surface area (Å²) >= 11 is 0. The molecule has 4 rings (SSSR count). The van der Waals surface area contributed by atoms with Crippen LogP contribution in [-0.2, 0) is 0 Å².